The van der Waals surface area contributed by atoms with Gasteiger partial charge in [0.25, 0.3) is 0 Å². The van der Waals surface area contributed by atoms with Crippen molar-refractivity contribution in [3.8, 4) is 0 Å². The lowest BCUT2D eigenvalue weighted by atomic mass is 10.0. The summed E-state index contributed by atoms with van der Waals surface area (Å²) >= 11 is 0. The van der Waals surface area contributed by atoms with E-state index in [9.17, 15) is 4.79 Å². The van der Waals surface area contributed by atoms with Gasteiger partial charge in [0.15, 0.2) is 0 Å². The van der Waals surface area contributed by atoms with Crippen LogP contribution in [-0.2, 0) is 11.2 Å². The summed E-state index contributed by atoms with van der Waals surface area (Å²) in [6, 6.07) is 10.9. The quantitative estimate of drug-likeness (QED) is 0.734. The third kappa shape index (κ3) is 7.44. The SMILES string of the molecule is Cl.O=C(CCCc1ccccc1)N(CCN1CCCCC1)C1CCCNC1. The van der Waals surface area contributed by atoms with Gasteiger partial charge in [-0.25, -0.2) is 0 Å². The Morgan fingerprint density at radius 3 is 2.59 bits per heavy atom. The normalized spacial score (nSPS) is 20.7. The summed E-state index contributed by atoms with van der Waals surface area (Å²) < 4.78 is 0. The van der Waals surface area contributed by atoms with Crippen molar-refractivity contribution in [1.82, 2.24) is 15.1 Å². The highest BCUT2D eigenvalue weighted by Gasteiger charge is 2.25. The van der Waals surface area contributed by atoms with Crippen molar-refractivity contribution >= 4 is 18.3 Å². The maximum Gasteiger partial charge on any atom is 0.222 e. The molecule has 0 spiro atoms. The Kier molecular flexibility index (Phi) is 10.2. The molecule has 4 nitrogen and oxygen atoms in total. The highest BCUT2D eigenvalue weighted by atomic mass is 35.5. The van der Waals surface area contributed by atoms with E-state index >= 15 is 0 Å². The van der Waals surface area contributed by atoms with Crippen LogP contribution in [0.5, 0.6) is 0 Å². The van der Waals surface area contributed by atoms with Gasteiger partial charge in [-0.1, -0.05) is 36.8 Å². The van der Waals surface area contributed by atoms with Gasteiger partial charge in [-0.15, -0.1) is 12.4 Å². The number of hydrogen-bond donors (Lipinski definition) is 1. The Balaban J connectivity index is 0.00000261. The van der Waals surface area contributed by atoms with Crippen LogP contribution < -0.4 is 5.32 Å². The van der Waals surface area contributed by atoms with Crippen LogP contribution in [0.2, 0.25) is 0 Å². The van der Waals surface area contributed by atoms with Crippen LogP contribution in [0.3, 0.4) is 0 Å². The van der Waals surface area contributed by atoms with E-state index in [2.05, 4.69) is 39.4 Å². The van der Waals surface area contributed by atoms with Crippen molar-refractivity contribution in [2.45, 2.75) is 57.4 Å². The van der Waals surface area contributed by atoms with Gasteiger partial charge in [0, 0.05) is 32.1 Å². The molecular weight excluding hydrogens is 358 g/mol. The minimum absolute atomic E-state index is 0. The maximum atomic E-state index is 13.0. The summed E-state index contributed by atoms with van der Waals surface area (Å²) in [6.45, 7) is 6.42. The molecule has 0 aliphatic carbocycles. The first-order chi connectivity index (χ1) is 12.8. The number of piperidine rings is 2. The van der Waals surface area contributed by atoms with Crippen molar-refractivity contribution < 1.29 is 4.79 Å². The molecule has 2 aliphatic rings. The lowest BCUT2D eigenvalue weighted by molar-refractivity contribution is -0.134. The number of nitrogens with zero attached hydrogens (tertiary/aromatic N) is 2. The largest absolute Gasteiger partial charge is 0.337 e. The van der Waals surface area contributed by atoms with Crippen molar-refractivity contribution in [1.29, 1.82) is 0 Å². The number of nitrogens with one attached hydrogen (secondary N) is 1. The molecule has 5 heteroatoms. The van der Waals surface area contributed by atoms with E-state index in [-0.39, 0.29) is 12.4 Å². The third-order valence-corrected chi connectivity index (χ3v) is 5.84. The molecule has 27 heavy (non-hydrogen) atoms. The van der Waals surface area contributed by atoms with Crippen LogP contribution in [-0.4, -0.2) is 61.0 Å². The van der Waals surface area contributed by atoms with E-state index in [1.165, 1.54) is 44.3 Å². The molecular formula is C22H36ClN3O. The highest BCUT2D eigenvalue weighted by Crippen LogP contribution is 2.15. The molecule has 1 amide bonds. The van der Waals surface area contributed by atoms with Crippen molar-refractivity contribution in [2.24, 2.45) is 0 Å². The van der Waals surface area contributed by atoms with Gasteiger partial charge in [-0.2, -0.15) is 0 Å². The standard InChI is InChI=1S/C22H35N3O.ClH/c26-22(13-7-11-20-9-3-1-4-10-20)25(21-12-8-14-23-19-21)18-17-24-15-5-2-6-16-24;/h1,3-4,9-10,21,23H,2,5-8,11-19H2;1H. The summed E-state index contributed by atoms with van der Waals surface area (Å²) in [5.41, 5.74) is 1.33. The molecule has 2 heterocycles. The Morgan fingerprint density at radius 2 is 1.89 bits per heavy atom. The fourth-order valence-electron chi connectivity index (χ4n) is 4.27. The Labute approximate surface area is 171 Å². The zero-order valence-electron chi connectivity index (χ0n) is 16.6. The predicted molar refractivity (Wildman–Crippen MR) is 115 cm³/mol. The van der Waals surface area contributed by atoms with Gasteiger partial charge in [0.1, 0.15) is 0 Å². The molecule has 1 atom stereocenters. The number of halogens is 1. The molecule has 0 saturated carbocycles. The van der Waals surface area contributed by atoms with Gasteiger partial charge in [0.05, 0.1) is 0 Å². The predicted octanol–water partition coefficient (Wildman–Crippen LogP) is 3.50. The van der Waals surface area contributed by atoms with Crippen molar-refractivity contribution in [3.05, 3.63) is 35.9 Å². The number of rotatable bonds is 8. The van der Waals surface area contributed by atoms with Crippen molar-refractivity contribution in [2.75, 3.05) is 39.3 Å². The minimum atomic E-state index is 0. The fraction of sp³-hybridized carbons (Fsp3) is 0.682. The van der Waals surface area contributed by atoms with E-state index < -0.39 is 0 Å². The van der Waals surface area contributed by atoms with Crippen LogP contribution in [0, 0.1) is 0 Å². The van der Waals surface area contributed by atoms with E-state index in [0.29, 0.717) is 18.4 Å². The molecule has 2 aliphatic heterocycles. The van der Waals surface area contributed by atoms with E-state index in [0.717, 1.165) is 45.4 Å². The maximum absolute atomic E-state index is 13.0. The molecule has 1 aromatic rings. The summed E-state index contributed by atoms with van der Waals surface area (Å²) in [5, 5.41) is 3.48. The first kappa shape index (κ1) is 22.2. The summed E-state index contributed by atoms with van der Waals surface area (Å²) in [6.07, 6.45) is 8.95. The van der Waals surface area contributed by atoms with E-state index in [1.54, 1.807) is 0 Å². The summed E-state index contributed by atoms with van der Waals surface area (Å²) in [7, 11) is 0. The summed E-state index contributed by atoms with van der Waals surface area (Å²) in [5.74, 6) is 0.353. The van der Waals surface area contributed by atoms with Crippen LogP contribution in [0.25, 0.3) is 0 Å². The van der Waals surface area contributed by atoms with Gasteiger partial charge >= 0.3 is 0 Å². The lowest BCUT2D eigenvalue weighted by Crippen LogP contribution is -2.51. The average Bonchev–Trinajstić information content (AvgIpc) is 2.70. The van der Waals surface area contributed by atoms with Gasteiger partial charge in [-0.05, 0) is 63.7 Å². The third-order valence-electron chi connectivity index (χ3n) is 5.84. The fourth-order valence-corrected chi connectivity index (χ4v) is 4.27. The lowest BCUT2D eigenvalue weighted by Gasteiger charge is -2.37. The molecule has 2 fully saturated rings. The molecule has 1 unspecified atom stereocenters. The topological polar surface area (TPSA) is 35.6 Å². The molecule has 1 N–H and O–H groups in total. The first-order valence-electron chi connectivity index (χ1n) is 10.6. The van der Waals surface area contributed by atoms with Gasteiger partial charge < -0.3 is 15.1 Å². The Morgan fingerprint density at radius 1 is 1.11 bits per heavy atom. The summed E-state index contributed by atoms with van der Waals surface area (Å²) in [4.78, 5) is 17.7. The smallest absolute Gasteiger partial charge is 0.222 e. The Bertz CT molecular complexity index is 528. The zero-order chi connectivity index (χ0) is 18.0. The molecule has 0 radical (unpaired) electrons. The minimum Gasteiger partial charge on any atom is -0.337 e. The number of carbonyl (C=O) groups excluding carboxylic acids is 1. The second kappa shape index (κ2) is 12.4. The number of hydrogen-bond acceptors (Lipinski definition) is 3. The van der Waals surface area contributed by atoms with Crippen LogP contribution >= 0.6 is 12.4 Å². The van der Waals surface area contributed by atoms with Crippen LogP contribution in [0.15, 0.2) is 30.3 Å². The zero-order valence-corrected chi connectivity index (χ0v) is 17.4. The molecule has 1 aromatic carbocycles. The molecule has 0 bridgehead atoms. The number of likely N-dealkylation sites (tertiary alicyclic amines) is 1. The van der Waals surface area contributed by atoms with Gasteiger partial charge in [0.2, 0.25) is 5.91 Å². The Hall–Kier alpha value is -1.10. The number of aryl methyl sites for hydroxylation is 1. The van der Waals surface area contributed by atoms with Crippen molar-refractivity contribution in [3.63, 3.8) is 0 Å². The highest BCUT2D eigenvalue weighted by molar-refractivity contribution is 5.85. The number of amides is 1. The number of benzene rings is 1. The second-order valence-corrected chi connectivity index (χ2v) is 7.83. The van der Waals surface area contributed by atoms with E-state index in [4.69, 9.17) is 0 Å². The first-order valence-corrected chi connectivity index (χ1v) is 10.6. The van der Waals surface area contributed by atoms with Gasteiger partial charge in [-0.3, -0.25) is 4.79 Å². The second-order valence-electron chi connectivity index (χ2n) is 7.83. The van der Waals surface area contributed by atoms with Crippen LogP contribution in [0.1, 0.15) is 50.5 Å². The molecule has 2 saturated heterocycles. The number of carbonyl (C=O) groups is 1. The average molecular weight is 394 g/mol. The molecule has 3 rings (SSSR count). The van der Waals surface area contributed by atoms with Crippen LogP contribution in [0.4, 0.5) is 0 Å². The molecule has 0 aromatic heterocycles. The van der Waals surface area contributed by atoms with E-state index in [1.807, 2.05) is 6.07 Å². The molecule has 152 valence electrons. The monoisotopic (exact) mass is 393 g/mol.